The summed E-state index contributed by atoms with van der Waals surface area (Å²) in [5, 5.41) is 10.0. The summed E-state index contributed by atoms with van der Waals surface area (Å²) in [6, 6.07) is 6.89. The van der Waals surface area contributed by atoms with Crippen LogP contribution in [-0.4, -0.2) is 30.2 Å². The number of anilines is 1. The second-order valence-corrected chi connectivity index (χ2v) is 4.30. The molecule has 0 bridgehead atoms. The van der Waals surface area contributed by atoms with Crippen molar-refractivity contribution in [3.05, 3.63) is 35.0 Å². The molecule has 0 amide bonds. The number of nitrogens with zero attached hydrogens (tertiary/aromatic N) is 2. The van der Waals surface area contributed by atoms with E-state index in [1.165, 1.54) is 6.07 Å². The number of halogens is 1. The first-order chi connectivity index (χ1) is 7.99. The quantitative estimate of drug-likeness (QED) is 0.890. The lowest BCUT2D eigenvalue weighted by Crippen LogP contribution is -2.08. The first-order valence-corrected chi connectivity index (χ1v) is 5.38. The molecule has 0 spiro atoms. The van der Waals surface area contributed by atoms with Gasteiger partial charge in [-0.3, -0.25) is 0 Å². The van der Waals surface area contributed by atoms with Crippen LogP contribution in [0, 0.1) is 0 Å². The lowest BCUT2D eigenvalue weighted by Gasteiger charge is -2.13. The van der Waals surface area contributed by atoms with Crippen molar-refractivity contribution in [3.8, 4) is 0 Å². The zero-order valence-electron chi connectivity index (χ0n) is 9.44. The van der Waals surface area contributed by atoms with E-state index < -0.39 is 5.97 Å². The van der Waals surface area contributed by atoms with Gasteiger partial charge in [-0.2, -0.15) is 0 Å². The third-order valence-corrected chi connectivity index (χ3v) is 2.79. The number of pyridine rings is 1. The van der Waals surface area contributed by atoms with E-state index in [1.807, 2.05) is 31.1 Å². The molecule has 0 atom stereocenters. The van der Waals surface area contributed by atoms with Crippen molar-refractivity contribution in [1.29, 1.82) is 0 Å². The fourth-order valence-corrected chi connectivity index (χ4v) is 1.82. The number of rotatable bonds is 2. The Morgan fingerprint density at radius 1 is 1.35 bits per heavy atom. The summed E-state index contributed by atoms with van der Waals surface area (Å²) in [7, 11) is 3.85. The number of aromatic nitrogens is 1. The Balaban J connectivity index is 2.68. The monoisotopic (exact) mass is 250 g/mol. The lowest BCUT2D eigenvalue weighted by molar-refractivity contribution is 0.0691. The predicted molar refractivity (Wildman–Crippen MR) is 68.0 cm³/mol. The van der Waals surface area contributed by atoms with Crippen LogP contribution in [0.5, 0.6) is 0 Å². The van der Waals surface area contributed by atoms with Crippen molar-refractivity contribution in [1.82, 2.24) is 4.98 Å². The molecule has 1 aromatic heterocycles. The van der Waals surface area contributed by atoms with Crippen LogP contribution in [0.1, 0.15) is 10.5 Å². The summed E-state index contributed by atoms with van der Waals surface area (Å²) in [5.74, 6) is -1.08. The Morgan fingerprint density at radius 2 is 2.06 bits per heavy atom. The second-order valence-electron chi connectivity index (χ2n) is 3.89. The first kappa shape index (κ1) is 11.7. The molecule has 0 saturated heterocycles. The average Bonchev–Trinajstić information content (AvgIpc) is 2.28. The Hall–Kier alpha value is -1.81. The molecule has 0 unspecified atom stereocenters. The Labute approximate surface area is 103 Å². The molecule has 2 rings (SSSR count). The van der Waals surface area contributed by atoms with E-state index in [-0.39, 0.29) is 5.69 Å². The third kappa shape index (κ3) is 2.17. The number of aromatic carboxylic acids is 1. The Morgan fingerprint density at radius 3 is 2.65 bits per heavy atom. The van der Waals surface area contributed by atoms with Gasteiger partial charge < -0.3 is 10.0 Å². The van der Waals surface area contributed by atoms with E-state index in [1.54, 1.807) is 6.07 Å². The highest BCUT2D eigenvalue weighted by Gasteiger charge is 2.10. The van der Waals surface area contributed by atoms with Gasteiger partial charge in [0.1, 0.15) is 5.69 Å². The van der Waals surface area contributed by atoms with Crippen molar-refractivity contribution in [2.24, 2.45) is 0 Å². The minimum Gasteiger partial charge on any atom is -0.477 e. The maximum absolute atomic E-state index is 10.8. The van der Waals surface area contributed by atoms with Crippen molar-refractivity contribution in [2.75, 3.05) is 19.0 Å². The van der Waals surface area contributed by atoms with Crippen LogP contribution in [0.4, 0.5) is 5.69 Å². The number of carbonyl (C=O) groups is 1. The lowest BCUT2D eigenvalue weighted by atomic mass is 10.1. The molecule has 1 heterocycles. The van der Waals surface area contributed by atoms with Crippen LogP contribution in [-0.2, 0) is 0 Å². The van der Waals surface area contributed by atoms with Gasteiger partial charge in [-0.05, 0) is 24.3 Å². The van der Waals surface area contributed by atoms with Gasteiger partial charge in [-0.1, -0.05) is 11.6 Å². The molecule has 0 aliphatic heterocycles. The molecular weight excluding hydrogens is 240 g/mol. The van der Waals surface area contributed by atoms with Gasteiger partial charge in [-0.15, -0.1) is 0 Å². The first-order valence-electron chi connectivity index (χ1n) is 5.00. The Bertz CT molecular complexity index is 596. The predicted octanol–water partition coefficient (Wildman–Crippen LogP) is 2.65. The molecule has 0 aliphatic rings. The highest BCUT2D eigenvalue weighted by Crippen LogP contribution is 2.27. The van der Waals surface area contributed by atoms with Gasteiger partial charge >= 0.3 is 5.97 Å². The van der Waals surface area contributed by atoms with E-state index in [2.05, 4.69) is 4.98 Å². The number of fused-ring (bicyclic) bond motifs is 1. The zero-order chi connectivity index (χ0) is 12.6. The maximum Gasteiger partial charge on any atom is 0.354 e. The van der Waals surface area contributed by atoms with E-state index >= 15 is 0 Å². The fraction of sp³-hybridized carbons (Fsp3) is 0.167. The highest BCUT2D eigenvalue weighted by molar-refractivity contribution is 6.35. The average molecular weight is 251 g/mol. The number of hydrogen-bond acceptors (Lipinski definition) is 3. The molecule has 0 aliphatic carbocycles. The van der Waals surface area contributed by atoms with E-state index in [0.29, 0.717) is 10.5 Å². The summed E-state index contributed by atoms with van der Waals surface area (Å²) in [6.45, 7) is 0. The minimum absolute atomic E-state index is 0.0416. The van der Waals surface area contributed by atoms with Crippen molar-refractivity contribution < 1.29 is 9.90 Å². The normalized spacial score (nSPS) is 10.5. The summed E-state index contributed by atoms with van der Waals surface area (Å²) in [4.78, 5) is 16.8. The topological polar surface area (TPSA) is 53.4 Å². The molecule has 17 heavy (non-hydrogen) atoms. The molecule has 5 heteroatoms. The summed E-state index contributed by atoms with van der Waals surface area (Å²) >= 11 is 6.06. The molecule has 0 radical (unpaired) electrons. The van der Waals surface area contributed by atoms with Crippen LogP contribution >= 0.6 is 11.6 Å². The van der Waals surface area contributed by atoms with E-state index in [9.17, 15) is 4.79 Å². The molecule has 4 nitrogen and oxygen atoms in total. The minimum atomic E-state index is -1.08. The maximum atomic E-state index is 10.8. The summed E-state index contributed by atoms with van der Waals surface area (Å²) < 4.78 is 0. The molecule has 1 N–H and O–H groups in total. The molecule has 0 fully saturated rings. The van der Waals surface area contributed by atoms with Gasteiger partial charge in [0.2, 0.25) is 0 Å². The SMILES string of the molecule is CN(C)c1ccc2nc(C(=O)O)cc(Cl)c2c1. The third-order valence-electron chi connectivity index (χ3n) is 2.48. The molecule has 0 saturated carbocycles. The van der Waals surface area contributed by atoms with E-state index in [0.717, 1.165) is 11.1 Å². The largest absolute Gasteiger partial charge is 0.477 e. The van der Waals surface area contributed by atoms with Crippen LogP contribution in [0.15, 0.2) is 24.3 Å². The molecule has 88 valence electrons. The van der Waals surface area contributed by atoms with Crippen molar-refractivity contribution in [3.63, 3.8) is 0 Å². The van der Waals surface area contributed by atoms with Crippen LogP contribution in [0.2, 0.25) is 5.02 Å². The smallest absolute Gasteiger partial charge is 0.354 e. The van der Waals surface area contributed by atoms with Gasteiger partial charge in [0.25, 0.3) is 0 Å². The Kier molecular flexibility index (Phi) is 2.90. The number of benzene rings is 1. The summed E-state index contributed by atoms with van der Waals surface area (Å²) in [6.07, 6.45) is 0. The highest BCUT2D eigenvalue weighted by atomic mass is 35.5. The van der Waals surface area contributed by atoms with Crippen molar-refractivity contribution in [2.45, 2.75) is 0 Å². The number of hydrogen-bond donors (Lipinski definition) is 1. The second kappa shape index (κ2) is 4.22. The van der Waals surface area contributed by atoms with Crippen LogP contribution < -0.4 is 4.90 Å². The zero-order valence-corrected chi connectivity index (χ0v) is 10.2. The van der Waals surface area contributed by atoms with Gasteiger partial charge in [0.05, 0.1) is 10.5 Å². The fourth-order valence-electron chi connectivity index (χ4n) is 1.56. The van der Waals surface area contributed by atoms with E-state index in [4.69, 9.17) is 16.7 Å². The van der Waals surface area contributed by atoms with Gasteiger partial charge in [0.15, 0.2) is 0 Å². The number of carboxylic acids is 1. The molecular formula is C12H11ClN2O2. The number of carboxylic acid groups (broad SMARTS) is 1. The summed E-state index contributed by atoms with van der Waals surface area (Å²) in [5.41, 5.74) is 1.53. The van der Waals surface area contributed by atoms with Crippen molar-refractivity contribution >= 4 is 34.2 Å². The molecule has 2 aromatic rings. The molecule has 1 aromatic carbocycles. The van der Waals surface area contributed by atoms with Crippen LogP contribution in [0.3, 0.4) is 0 Å². The standard InChI is InChI=1S/C12H11ClN2O2/c1-15(2)7-3-4-10-8(5-7)9(13)6-11(14-10)12(16)17/h3-6H,1-2H3,(H,16,17). The van der Waals surface area contributed by atoms with Crippen LogP contribution in [0.25, 0.3) is 10.9 Å². The van der Waals surface area contributed by atoms with Gasteiger partial charge in [0, 0.05) is 25.2 Å². The van der Waals surface area contributed by atoms with Gasteiger partial charge in [-0.25, -0.2) is 9.78 Å².